The Balaban J connectivity index is 1.32. The minimum atomic E-state index is 0.831. The quantitative estimate of drug-likeness (QED) is 0.183. The molecule has 0 amide bonds. The van der Waals surface area contributed by atoms with E-state index < -0.39 is 0 Å². The van der Waals surface area contributed by atoms with Crippen LogP contribution >= 0.6 is 0 Å². The molecule has 11 aromatic rings. The van der Waals surface area contributed by atoms with Crippen molar-refractivity contribution in [3.8, 4) is 33.6 Å². The first-order valence-corrected chi connectivity index (χ1v) is 16.6. The van der Waals surface area contributed by atoms with E-state index in [0.29, 0.717) is 0 Å². The fraction of sp³-hybridized carbons (Fsp3) is 0. The van der Waals surface area contributed by atoms with Crippen LogP contribution in [0.4, 0.5) is 0 Å². The van der Waals surface area contributed by atoms with Gasteiger partial charge in [-0.15, -0.1) is 0 Å². The van der Waals surface area contributed by atoms with Crippen molar-refractivity contribution >= 4 is 76.4 Å². The van der Waals surface area contributed by atoms with Crippen molar-refractivity contribution < 1.29 is 13.3 Å². The summed E-state index contributed by atoms with van der Waals surface area (Å²) in [6, 6.07) is 55.1. The second kappa shape index (κ2) is 9.96. The van der Waals surface area contributed by atoms with Crippen LogP contribution in [0.5, 0.6) is 0 Å². The van der Waals surface area contributed by atoms with Crippen LogP contribution in [0, 0.1) is 0 Å². The lowest BCUT2D eigenvalue weighted by molar-refractivity contribution is 0.633. The van der Waals surface area contributed by atoms with E-state index >= 15 is 0 Å². The summed E-state index contributed by atoms with van der Waals surface area (Å²) < 4.78 is 20.1. The Hall–Kier alpha value is -6.58. The van der Waals surface area contributed by atoms with Crippen LogP contribution < -0.4 is 0 Å². The molecular formula is C46H26O3. The number of benzene rings is 8. The van der Waals surface area contributed by atoms with Crippen molar-refractivity contribution in [2.45, 2.75) is 0 Å². The number of para-hydroxylation sites is 3. The lowest BCUT2D eigenvalue weighted by atomic mass is 9.85. The highest BCUT2D eigenvalue weighted by Crippen LogP contribution is 2.52. The van der Waals surface area contributed by atoms with Crippen molar-refractivity contribution in [2.24, 2.45) is 0 Å². The molecule has 0 spiro atoms. The lowest BCUT2D eigenvalue weighted by Crippen LogP contribution is -1.91. The monoisotopic (exact) mass is 626 g/mol. The van der Waals surface area contributed by atoms with Gasteiger partial charge in [0.1, 0.15) is 33.7 Å². The molecule has 11 rings (SSSR count). The van der Waals surface area contributed by atoms with E-state index in [1.54, 1.807) is 0 Å². The van der Waals surface area contributed by atoms with Crippen LogP contribution in [0.15, 0.2) is 171 Å². The third-order valence-electron chi connectivity index (χ3n) is 10.1. The van der Waals surface area contributed by atoms with Crippen LogP contribution in [0.25, 0.3) is 110 Å². The summed E-state index contributed by atoms with van der Waals surface area (Å²) >= 11 is 0. The van der Waals surface area contributed by atoms with E-state index in [2.05, 4.69) is 127 Å². The summed E-state index contributed by atoms with van der Waals surface area (Å²) in [6.45, 7) is 0. The predicted octanol–water partition coefficient (Wildman–Crippen LogP) is 13.5. The molecular weight excluding hydrogens is 601 g/mol. The van der Waals surface area contributed by atoms with Gasteiger partial charge in [-0.05, 0) is 51.4 Å². The topological polar surface area (TPSA) is 39.4 Å². The molecule has 0 N–H and O–H groups in total. The van der Waals surface area contributed by atoms with Crippen LogP contribution in [0.3, 0.4) is 0 Å². The van der Waals surface area contributed by atoms with Gasteiger partial charge in [-0.25, -0.2) is 0 Å². The van der Waals surface area contributed by atoms with Gasteiger partial charge in [0.15, 0.2) is 0 Å². The van der Waals surface area contributed by atoms with E-state index in [0.717, 1.165) is 110 Å². The summed E-state index contributed by atoms with van der Waals surface area (Å²) in [4.78, 5) is 0. The molecule has 0 aliphatic heterocycles. The van der Waals surface area contributed by atoms with Gasteiger partial charge in [-0.3, -0.25) is 0 Å². The van der Waals surface area contributed by atoms with Crippen LogP contribution in [-0.2, 0) is 0 Å². The molecule has 0 bridgehead atoms. The molecule has 8 aromatic carbocycles. The number of hydrogen-bond acceptors (Lipinski definition) is 3. The Bertz CT molecular complexity index is 3040. The smallest absolute Gasteiger partial charge is 0.144 e. The molecule has 228 valence electrons. The van der Waals surface area contributed by atoms with Crippen LogP contribution in [-0.4, -0.2) is 0 Å². The van der Waals surface area contributed by atoms with Gasteiger partial charge < -0.3 is 13.3 Å². The third-order valence-corrected chi connectivity index (χ3v) is 10.1. The van der Waals surface area contributed by atoms with Gasteiger partial charge in [-0.2, -0.15) is 0 Å². The van der Waals surface area contributed by atoms with Crippen molar-refractivity contribution in [2.75, 3.05) is 0 Å². The number of hydrogen-bond donors (Lipinski definition) is 0. The molecule has 3 heteroatoms. The molecule has 0 fully saturated rings. The lowest BCUT2D eigenvalue weighted by Gasteiger charge is -2.17. The predicted molar refractivity (Wildman–Crippen MR) is 202 cm³/mol. The fourth-order valence-corrected chi connectivity index (χ4v) is 8.07. The first-order chi connectivity index (χ1) is 24.3. The minimum Gasteiger partial charge on any atom is -0.456 e. The van der Waals surface area contributed by atoms with Gasteiger partial charge in [0, 0.05) is 49.2 Å². The first kappa shape index (κ1) is 26.5. The summed E-state index contributed by atoms with van der Waals surface area (Å²) in [5, 5.41) is 9.98. The number of rotatable bonds is 3. The maximum atomic E-state index is 7.08. The molecule has 3 heterocycles. The van der Waals surface area contributed by atoms with E-state index in [9.17, 15) is 0 Å². The maximum Gasteiger partial charge on any atom is 0.144 e. The molecule has 0 aliphatic carbocycles. The summed E-state index contributed by atoms with van der Waals surface area (Å²) in [6.07, 6.45) is 0. The van der Waals surface area contributed by atoms with Crippen molar-refractivity contribution in [3.05, 3.63) is 158 Å². The summed E-state index contributed by atoms with van der Waals surface area (Å²) in [5.74, 6) is 0.847. The molecule has 0 saturated heterocycles. The second-order valence-corrected chi connectivity index (χ2v) is 12.7. The second-order valence-electron chi connectivity index (χ2n) is 12.7. The molecule has 3 aromatic heterocycles. The van der Waals surface area contributed by atoms with Crippen LogP contribution in [0.2, 0.25) is 0 Å². The Labute approximate surface area is 280 Å². The zero-order valence-electron chi connectivity index (χ0n) is 26.2. The van der Waals surface area contributed by atoms with E-state index in [1.165, 1.54) is 0 Å². The Morgan fingerprint density at radius 2 is 0.816 bits per heavy atom. The zero-order valence-corrected chi connectivity index (χ0v) is 26.2. The third kappa shape index (κ3) is 3.67. The minimum absolute atomic E-state index is 0.831. The van der Waals surface area contributed by atoms with E-state index in [4.69, 9.17) is 13.3 Å². The SMILES string of the molecule is c1ccc(-c2c(-c3c4ccccc4c(-c4cccc5c4oc4ccccc45)c4ccccc34)oc3ccc4oc5ccccc5c4c23)cc1. The highest BCUT2D eigenvalue weighted by molar-refractivity contribution is 6.28. The fourth-order valence-electron chi connectivity index (χ4n) is 8.07. The molecule has 0 saturated carbocycles. The standard InChI is InChI=1S/C46H26O3/c1-2-13-27(14-3-1)40-44-39(26-25-38-43(44)34-20-9-11-24-37(34)47-38)49-46(40)42-31-18-6-4-16-29(31)41(30-17-5-7-19-32(30)42)35-22-12-21-33-28-15-8-10-23-36(28)48-45(33)35/h1-26H. The molecule has 0 atom stereocenters. The zero-order chi connectivity index (χ0) is 32.1. The Morgan fingerprint density at radius 3 is 1.51 bits per heavy atom. The van der Waals surface area contributed by atoms with Gasteiger partial charge >= 0.3 is 0 Å². The largest absolute Gasteiger partial charge is 0.456 e. The van der Waals surface area contributed by atoms with Crippen molar-refractivity contribution in [1.82, 2.24) is 0 Å². The molecule has 0 unspecified atom stereocenters. The molecule has 0 radical (unpaired) electrons. The van der Waals surface area contributed by atoms with Crippen molar-refractivity contribution in [1.29, 1.82) is 0 Å². The number of furan rings is 3. The van der Waals surface area contributed by atoms with Crippen molar-refractivity contribution in [3.63, 3.8) is 0 Å². The highest BCUT2D eigenvalue weighted by Gasteiger charge is 2.27. The molecule has 0 aliphatic rings. The highest BCUT2D eigenvalue weighted by atomic mass is 16.3. The average Bonchev–Trinajstić information content (AvgIpc) is 3.85. The van der Waals surface area contributed by atoms with Gasteiger partial charge in [0.2, 0.25) is 0 Å². The summed E-state index contributed by atoms with van der Waals surface area (Å²) in [5.41, 5.74) is 9.80. The summed E-state index contributed by atoms with van der Waals surface area (Å²) in [7, 11) is 0. The van der Waals surface area contributed by atoms with Gasteiger partial charge in [0.25, 0.3) is 0 Å². The molecule has 49 heavy (non-hydrogen) atoms. The maximum absolute atomic E-state index is 7.08. The Kier molecular flexibility index (Phi) is 5.38. The Morgan fingerprint density at radius 1 is 0.286 bits per heavy atom. The van der Waals surface area contributed by atoms with Crippen LogP contribution in [0.1, 0.15) is 0 Å². The van der Waals surface area contributed by atoms with E-state index in [-0.39, 0.29) is 0 Å². The van der Waals surface area contributed by atoms with Gasteiger partial charge in [-0.1, -0.05) is 133 Å². The normalized spacial score (nSPS) is 12.1. The first-order valence-electron chi connectivity index (χ1n) is 16.6. The number of fused-ring (bicyclic) bond motifs is 10. The average molecular weight is 627 g/mol. The van der Waals surface area contributed by atoms with Gasteiger partial charge in [0.05, 0.1) is 0 Å². The van der Waals surface area contributed by atoms with E-state index in [1.807, 2.05) is 30.3 Å². The molecule has 3 nitrogen and oxygen atoms in total.